The number of rotatable bonds is 5. The fourth-order valence-electron chi connectivity index (χ4n) is 3.00. The summed E-state index contributed by atoms with van der Waals surface area (Å²) in [5.41, 5.74) is 1.20. The molecule has 8 heteroatoms. The van der Waals surface area contributed by atoms with E-state index in [1.54, 1.807) is 31.3 Å². The number of esters is 1. The first-order valence-electron chi connectivity index (χ1n) is 8.90. The van der Waals surface area contributed by atoms with E-state index in [4.69, 9.17) is 9.47 Å². The van der Waals surface area contributed by atoms with Crippen molar-refractivity contribution in [2.75, 3.05) is 25.1 Å². The van der Waals surface area contributed by atoms with E-state index in [2.05, 4.69) is 4.98 Å². The van der Waals surface area contributed by atoms with Crippen molar-refractivity contribution >= 4 is 38.7 Å². The van der Waals surface area contributed by atoms with Crippen molar-refractivity contribution in [3.8, 4) is 5.75 Å². The van der Waals surface area contributed by atoms with Gasteiger partial charge >= 0.3 is 12.0 Å². The molecule has 28 heavy (non-hydrogen) atoms. The third-order valence-corrected chi connectivity index (χ3v) is 5.42. The van der Waals surface area contributed by atoms with E-state index in [0.717, 1.165) is 10.2 Å². The molecule has 0 radical (unpaired) electrons. The monoisotopic (exact) mass is 397 g/mol. The maximum absolute atomic E-state index is 12.6. The number of anilines is 1. The lowest BCUT2D eigenvalue weighted by Gasteiger charge is -2.20. The molecule has 1 aliphatic heterocycles. The maximum Gasteiger partial charge on any atom is 0.340 e. The molecule has 0 aliphatic carbocycles. The van der Waals surface area contributed by atoms with E-state index in [-0.39, 0.29) is 12.6 Å². The summed E-state index contributed by atoms with van der Waals surface area (Å²) in [4.78, 5) is 32.7. The predicted molar refractivity (Wildman–Crippen MR) is 107 cm³/mol. The minimum absolute atomic E-state index is 0.247. The number of ether oxygens (including phenoxy) is 2. The zero-order chi connectivity index (χ0) is 19.7. The van der Waals surface area contributed by atoms with Gasteiger partial charge in [-0.15, -0.1) is 0 Å². The van der Waals surface area contributed by atoms with Gasteiger partial charge in [-0.2, -0.15) is 0 Å². The van der Waals surface area contributed by atoms with Crippen LogP contribution >= 0.6 is 11.3 Å². The molecule has 0 bridgehead atoms. The molecule has 2 amide bonds. The number of nitrogens with zero attached hydrogens (tertiary/aromatic N) is 3. The van der Waals surface area contributed by atoms with Gasteiger partial charge in [0.2, 0.25) is 6.23 Å². The van der Waals surface area contributed by atoms with Gasteiger partial charge in [-0.05, 0) is 43.3 Å². The molecule has 2 aromatic carbocycles. The van der Waals surface area contributed by atoms with Crippen LogP contribution in [0.3, 0.4) is 0 Å². The zero-order valence-corrected chi connectivity index (χ0v) is 16.3. The molecule has 0 N–H and O–H groups in total. The Balaban J connectivity index is 1.56. The van der Waals surface area contributed by atoms with Crippen molar-refractivity contribution in [1.82, 2.24) is 9.88 Å². The third kappa shape index (κ3) is 3.38. The lowest BCUT2D eigenvalue weighted by molar-refractivity contribution is 0.0331. The van der Waals surface area contributed by atoms with E-state index < -0.39 is 12.2 Å². The second-order valence-electron chi connectivity index (χ2n) is 6.31. The van der Waals surface area contributed by atoms with Gasteiger partial charge in [-0.3, -0.25) is 0 Å². The van der Waals surface area contributed by atoms with Gasteiger partial charge in [-0.1, -0.05) is 23.5 Å². The number of fused-ring (bicyclic) bond motifs is 1. The van der Waals surface area contributed by atoms with Crippen LogP contribution < -0.4 is 9.64 Å². The summed E-state index contributed by atoms with van der Waals surface area (Å²) in [6, 6.07) is 14.1. The van der Waals surface area contributed by atoms with Gasteiger partial charge in [0.05, 0.1) is 28.9 Å². The van der Waals surface area contributed by atoms with Crippen LogP contribution in [0.5, 0.6) is 5.75 Å². The van der Waals surface area contributed by atoms with Crippen molar-refractivity contribution in [3.63, 3.8) is 0 Å². The Morgan fingerprint density at radius 3 is 2.68 bits per heavy atom. The third-order valence-electron chi connectivity index (χ3n) is 4.38. The van der Waals surface area contributed by atoms with E-state index in [0.29, 0.717) is 23.1 Å². The average Bonchev–Trinajstić information content (AvgIpc) is 3.23. The van der Waals surface area contributed by atoms with Gasteiger partial charge in [0, 0.05) is 7.05 Å². The highest BCUT2D eigenvalue weighted by Gasteiger charge is 2.40. The van der Waals surface area contributed by atoms with Crippen LogP contribution in [0, 0.1) is 0 Å². The Labute approximate surface area is 166 Å². The van der Waals surface area contributed by atoms with Crippen molar-refractivity contribution in [3.05, 3.63) is 54.1 Å². The maximum atomic E-state index is 12.6. The summed E-state index contributed by atoms with van der Waals surface area (Å²) in [5.74, 6) is 0.188. The predicted octanol–water partition coefficient (Wildman–Crippen LogP) is 3.75. The van der Waals surface area contributed by atoms with Crippen molar-refractivity contribution in [2.24, 2.45) is 0 Å². The Hall–Kier alpha value is -3.13. The molecule has 0 saturated carbocycles. The number of hydrogen-bond acceptors (Lipinski definition) is 6. The van der Waals surface area contributed by atoms with Crippen molar-refractivity contribution < 1.29 is 19.1 Å². The van der Waals surface area contributed by atoms with Gasteiger partial charge in [0.15, 0.2) is 5.13 Å². The molecule has 2 heterocycles. The number of benzene rings is 2. The molecule has 1 fully saturated rings. The second-order valence-corrected chi connectivity index (χ2v) is 7.32. The molecule has 144 valence electrons. The normalized spacial score (nSPS) is 16.6. The van der Waals surface area contributed by atoms with Crippen LogP contribution in [0.4, 0.5) is 9.93 Å². The standard InChI is InChI=1S/C20H19N3O4S/c1-3-26-14-10-8-13(9-11-14)18(24)27-17-12-22(2)20(25)23(17)19-21-15-6-4-5-7-16(15)28-19/h4-11,17H,3,12H2,1-2H3. The second kappa shape index (κ2) is 7.47. The van der Waals surface area contributed by atoms with Crippen LogP contribution in [0.2, 0.25) is 0 Å². The number of thiazole rings is 1. The van der Waals surface area contributed by atoms with Crippen molar-refractivity contribution in [2.45, 2.75) is 13.2 Å². The quantitative estimate of drug-likeness (QED) is 0.613. The number of aromatic nitrogens is 1. The Morgan fingerprint density at radius 1 is 1.21 bits per heavy atom. The summed E-state index contributed by atoms with van der Waals surface area (Å²) in [6.07, 6.45) is -0.739. The molecular formula is C20H19N3O4S. The number of para-hydroxylation sites is 1. The lowest BCUT2D eigenvalue weighted by Crippen LogP contribution is -2.37. The molecule has 1 aromatic heterocycles. The van der Waals surface area contributed by atoms with Gasteiger partial charge in [0.25, 0.3) is 0 Å². The first-order chi connectivity index (χ1) is 13.6. The molecule has 0 spiro atoms. The van der Waals surface area contributed by atoms with E-state index in [1.165, 1.54) is 21.1 Å². The fourth-order valence-corrected chi connectivity index (χ4v) is 4.00. The zero-order valence-electron chi connectivity index (χ0n) is 15.5. The molecular weight excluding hydrogens is 378 g/mol. The summed E-state index contributed by atoms with van der Waals surface area (Å²) >= 11 is 1.39. The van der Waals surface area contributed by atoms with Crippen LogP contribution in [0.25, 0.3) is 10.2 Å². The Bertz CT molecular complexity index is 985. The largest absolute Gasteiger partial charge is 0.494 e. The fraction of sp³-hybridized carbons (Fsp3) is 0.250. The smallest absolute Gasteiger partial charge is 0.340 e. The highest BCUT2D eigenvalue weighted by atomic mass is 32.1. The van der Waals surface area contributed by atoms with Crippen molar-refractivity contribution in [1.29, 1.82) is 0 Å². The minimum atomic E-state index is -0.739. The number of urea groups is 1. The summed E-state index contributed by atoms with van der Waals surface area (Å²) in [7, 11) is 1.67. The first kappa shape index (κ1) is 18.2. The lowest BCUT2D eigenvalue weighted by atomic mass is 10.2. The molecule has 1 atom stereocenters. The van der Waals surface area contributed by atoms with E-state index in [9.17, 15) is 9.59 Å². The van der Waals surface area contributed by atoms with Crippen LogP contribution in [-0.2, 0) is 4.74 Å². The summed E-state index contributed by atoms with van der Waals surface area (Å²) in [5, 5.41) is 0.514. The molecule has 7 nitrogen and oxygen atoms in total. The van der Waals surface area contributed by atoms with Gasteiger partial charge in [-0.25, -0.2) is 19.5 Å². The first-order valence-corrected chi connectivity index (χ1v) is 9.72. The van der Waals surface area contributed by atoms with Crippen LogP contribution in [-0.4, -0.2) is 48.3 Å². The number of carbonyl (C=O) groups excluding carboxylic acids is 2. The number of likely N-dealkylation sites (N-methyl/N-ethyl adjacent to an activating group) is 1. The van der Waals surface area contributed by atoms with Crippen LogP contribution in [0.1, 0.15) is 17.3 Å². The molecule has 1 saturated heterocycles. The van der Waals surface area contributed by atoms with E-state index >= 15 is 0 Å². The highest BCUT2D eigenvalue weighted by Crippen LogP contribution is 2.33. The topological polar surface area (TPSA) is 72.0 Å². The summed E-state index contributed by atoms with van der Waals surface area (Å²) < 4.78 is 12.0. The van der Waals surface area contributed by atoms with Crippen LogP contribution in [0.15, 0.2) is 48.5 Å². The highest BCUT2D eigenvalue weighted by molar-refractivity contribution is 7.22. The number of hydrogen-bond donors (Lipinski definition) is 0. The average molecular weight is 397 g/mol. The molecule has 1 aliphatic rings. The Kier molecular flexibility index (Phi) is 4.87. The SMILES string of the molecule is CCOc1ccc(C(=O)OC2CN(C)C(=O)N2c2nc3ccccc3s2)cc1. The Morgan fingerprint density at radius 2 is 1.96 bits per heavy atom. The molecule has 1 unspecified atom stereocenters. The molecule has 3 aromatic rings. The molecule has 4 rings (SSSR count). The summed E-state index contributed by atoms with van der Waals surface area (Å²) in [6.45, 7) is 2.72. The number of amides is 2. The van der Waals surface area contributed by atoms with E-state index in [1.807, 2.05) is 31.2 Å². The minimum Gasteiger partial charge on any atom is -0.494 e. The number of carbonyl (C=O) groups is 2. The van der Waals surface area contributed by atoms with Gasteiger partial charge < -0.3 is 14.4 Å². The van der Waals surface area contributed by atoms with Gasteiger partial charge in [0.1, 0.15) is 5.75 Å².